The van der Waals surface area contributed by atoms with Crippen LogP contribution in [0.1, 0.15) is 18.9 Å². The topological polar surface area (TPSA) is 64.3 Å². The van der Waals surface area contributed by atoms with Crippen molar-refractivity contribution in [2.24, 2.45) is 5.73 Å². The highest BCUT2D eigenvalue weighted by Crippen LogP contribution is 2.21. The number of nitrogens with one attached hydrogen (secondary N) is 1. The highest BCUT2D eigenvalue weighted by molar-refractivity contribution is 5.77. The van der Waals surface area contributed by atoms with Gasteiger partial charge in [-0.3, -0.25) is 4.79 Å². The fourth-order valence-electron chi connectivity index (χ4n) is 1.49. The number of amides is 1. The quantitative estimate of drug-likeness (QED) is 0.802. The molecule has 0 saturated heterocycles. The molecule has 0 aliphatic carbocycles. The van der Waals surface area contributed by atoms with Crippen LogP contribution in [-0.2, 0) is 11.2 Å². The van der Waals surface area contributed by atoms with Gasteiger partial charge in [0.2, 0.25) is 0 Å². The molecule has 3 N–H and O–H groups in total. The highest BCUT2D eigenvalue weighted by atomic mass is 19.1. The Morgan fingerprint density at radius 3 is 2.89 bits per heavy atom. The van der Waals surface area contributed by atoms with Gasteiger partial charge in [-0.2, -0.15) is 0 Å². The Morgan fingerprint density at radius 1 is 1.56 bits per heavy atom. The summed E-state index contributed by atoms with van der Waals surface area (Å²) in [5, 5.41) is 2.46. The van der Waals surface area contributed by atoms with Crippen LogP contribution in [0.5, 0.6) is 5.75 Å². The van der Waals surface area contributed by atoms with Crippen molar-refractivity contribution in [3.05, 3.63) is 29.6 Å². The molecule has 1 atom stereocenters. The molecule has 5 heteroatoms. The van der Waals surface area contributed by atoms with Crippen molar-refractivity contribution < 1.29 is 13.9 Å². The number of carbonyl (C=O) groups excluding carboxylic acids is 1. The SMILES string of the molecule is CCC(N)Cc1cc(F)ccc1OCC(=O)NC. The Bertz CT molecular complexity index is 410. The number of ether oxygens (including phenoxy) is 1. The summed E-state index contributed by atoms with van der Waals surface area (Å²) in [6.45, 7) is 1.88. The number of likely N-dealkylation sites (N-methyl/N-ethyl adjacent to an activating group) is 1. The maximum atomic E-state index is 13.2. The predicted molar refractivity (Wildman–Crippen MR) is 67.9 cm³/mol. The van der Waals surface area contributed by atoms with Gasteiger partial charge in [-0.1, -0.05) is 6.92 Å². The minimum absolute atomic E-state index is 0.0471. The predicted octanol–water partition coefficient (Wildman–Crippen LogP) is 1.23. The summed E-state index contributed by atoms with van der Waals surface area (Å²) < 4.78 is 18.5. The van der Waals surface area contributed by atoms with Crippen LogP contribution in [0.25, 0.3) is 0 Å². The van der Waals surface area contributed by atoms with Gasteiger partial charge in [0.05, 0.1) is 0 Å². The summed E-state index contributed by atoms with van der Waals surface area (Å²) in [7, 11) is 1.53. The lowest BCUT2D eigenvalue weighted by atomic mass is 10.0. The fraction of sp³-hybridized carbons (Fsp3) is 0.462. The molecule has 1 rings (SSSR count). The van der Waals surface area contributed by atoms with Gasteiger partial charge in [-0.15, -0.1) is 0 Å². The molecule has 1 aromatic rings. The molecule has 0 aliphatic rings. The summed E-state index contributed by atoms with van der Waals surface area (Å²) in [4.78, 5) is 11.1. The molecular formula is C13H19FN2O2. The minimum Gasteiger partial charge on any atom is -0.483 e. The first kappa shape index (κ1) is 14.4. The summed E-state index contributed by atoms with van der Waals surface area (Å²) in [5.41, 5.74) is 6.54. The van der Waals surface area contributed by atoms with E-state index in [0.29, 0.717) is 17.7 Å². The van der Waals surface area contributed by atoms with Crippen LogP contribution in [0.4, 0.5) is 4.39 Å². The highest BCUT2D eigenvalue weighted by Gasteiger charge is 2.10. The van der Waals surface area contributed by atoms with Crippen molar-refractivity contribution in [3.63, 3.8) is 0 Å². The van der Waals surface area contributed by atoms with E-state index in [-0.39, 0.29) is 24.4 Å². The van der Waals surface area contributed by atoms with Gasteiger partial charge in [0.15, 0.2) is 6.61 Å². The Hall–Kier alpha value is -1.62. The van der Waals surface area contributed by atoms with E-state index in [1.807, 2.05) is 6.92 Å². The average molecular weight is 254 g/mol. The third-order valence-electron chi connectivity index (χ3n) is 2.67. The van der Waals surface area contributed by atoms with Crippen LogP contribution >= 0.6 is 0 Å². The second-order valence-corrected chi connectivity index (χ2v) is 4.09. The van der Waals surface area contributed by atoms with Gasteiger partial charge >= 0.3 is 0 Å². The molecular weight excluding hydrogens is 235 g/mol. The first-order valence-corrected chi connectivity index (χ1v) is 5.94. The van der Waals surface area contributed by atoms with E-state index < -0.39 is 0 Å². The first-order valence-electron chi connectivity index (χ1n) is 5.94. The summed E-state index contributed by atoms with van der Waals surface area (Å²) >= 11 is 0. The molecule has 0 bridgehead atoms. The van der Waals surface area contributed by atoms with Crippen LogP contribution in [0.3, 0.4) is 0 Å². The summed E-state index contributed by atoms with van der Waals surface area (Å²) in [5.74, 6) is -0.0606. The lowest BCUT2D eigenvalue weighted by Crippen LogP contribution is -2.26. The molecule has 0 heterocycles. The third kappa shape index (κ3) is 4.33. The largest absolute Gasteiger partial charge is 0.483 e. The number of carbonyl (C=O) groups is 1. The minimum atomic E-state index is -0.333. The molecule has 0 aliphatic heterocycles. The molecule has 0 saturated carbocycles. The smallest absolute Gasteiger partial charge is 0.257 e. The van der Waals surface area contributed by atoms with E-state index >= 15 is 0 Å². The second-order valence-electron chi connectivity index (χ2n) is 4.09. The van der Waals surface area contributed by atoms with Crippen molar-refractivity contribution in [1.29, 1.82) is 0 Å². The van der Waals surface area contributed by atoms with E-state index in [1.165, 1.54) is 25.2 Å². The third-order valence-corrected chi connectivity index (χ3v) is 2.67. The normalized spacial score (nSPS) is 12.0. The lowest BCUT2D eigenvalue weighted by Gasteiger charge is -2.14. The van der Waals surface area contributed by atoms with E-state index in [2.05, 4.69) is 5.32 Å². The monoisotopic (exact) mass is 254 g/mol. The molecule has 1 amide bonds. The van der Waals surface area contributed by atoms with Crippen molar-refractivity contribution >= 4 is 5.91 Å². The zero-order valence-electron chi connectivity index (χ0n) is 10.7. The number of hydrogen-bond acceptors (Lipinski definition) is 3. The first-order chi connectivity index (χ1) is 8.56. The zero-order valence-corrected chi connectivity index (χ0v) is 10.7. The Kier molecular flexibility index (Phi) is 5.58. The molecule has 0 aromatic heterocycles. The molecule has 18 heavy (non-hydrogen) atoms. The maximum absolute atomic E-state index is 13.2. The molecule has 0 fully saturated rings. The van der Waals surface area contributed by atoms with E-state index in [1.54, 1.807) is 0 Å². The number of hydrogen-bond donors (Lipinski definition) is 2. The maximum Gasteiger partial charge on any atom is 0.257 e. The number of benzene rings is 1. The van der Waals surface area contributed by atoms with Gasteiger partial charge < -0.3 is 15.8 Å². The molecule has 4 nitrogen and oxygen atoms in total. The standard InChI is InChI=1S/C13H19FN2O2/c1-3-11(15)7-9-6-10(14)4-5-12(9)18-8-13(17)16-2/h4-6,11H,3,7-8,15H2,1-2H3,(H,16,17). The molecule has 0 radical (unpaired) electrons. The van der Waals surface area contributed by atoms with Gasteiger partial charge in [0, 0.05) is 13.1 Å². The van der Waals surface area contributed by atoms with Crippen LogP contribution in [-0.4, -0.2) is 25.6 Å². The van der Waals surface area contributed by atoms with Gasteiger partial charge in [-0.25, -0.2) is 4.39 Å². The van der Waals surface area contributed by atoms with E-state index in [0.717, 1.165) is 6.42 Å². The molecule has 1 aromatic carbocycles. The van der Waals surface area contributed by atoms with Crippen molar-refractivity contribution in [3.8, 4) is 5.75 Å². The number of rotatable bonds is 6. The molecule has 100 valence electrons. The Balaban J connectivity index is 2.79. The van der Waals surface area contributed by atoms with E-state index in [4.69, 9.17) is 10.5 Å². The van der Waals surface area contributed by atoms with Gasteiger partial charge in [-0.05, 0) is 36.6 Å². The van der Waals surface area contributed by atoms with Crippen LogP contribution in [0, 0.1) is 5.82 Å². The van der Waals surface area contributed by atoms with Crippen molar-refractivity contribution in [1.82, 2.24) is 5.32 Å². The Labute approximate surface area is 106 Å². The van der Waals surface area contributed by atoms with Crippen LogP contribution < -0.4 is 15.8 Å². The second kappa shape index (κ2) is 6.96. The van der Waals surface area contributed by atoms with Crippen LogP contribution in [0.15, 0.2) is 18.2 Å². The Morgan fingerprint density at radius 2 is 2.28 bits per heavy atom. The lowest BCUT2D eigenvalue weighted by molar-refractivity contribution is -0.122. The average Bonchev–Trinajstić information content (AvgIpc) is 2.37. The van der Waals surface area contributed by atoms with Gasteiger partial charge in [0.1, 0.15) is 11.6 Å². The molecule has 0 spiro atoms. The van der Waals surface area contributed by atoms with Crippen molar-refractivity contribution in [2.75, 3.05) is 13.7 Å². The summed E-state index contributed by atoms with van der Waals surface area (Å²) in [6.07, 6.45) is 1.32. The van der Waals surface area contributed by atoms with E-state index in [9.17, 15) is 9.18 Å². The molecule has 1 unspecified atom stereocenters. The zero-order chi connectivity index (χ0) is 13.5. The number of halogens is 1. The number of nitrogens with two attached hydrogens (primary N) is 1. The summed E-state index contributed by atoms with van der Waals surface area (Å²) in [6, 6.07) is 4.18. The van der Waals surface area contributed by atoms with Crippen molar-refractivity contribution in [2.45, 2.75) is 25.8 Å². The fourth-order valence-corrected chi connectivity index (χ4v) is 1.49. The van der Waals surface area contributed by atoms with Gasteiger partial charge in [0.25, 0.3) is 5.91 Å². The van der Waals surface area contributed by atoms with Crippen LogP contribution in [0.2, 0.25) is 0 Å².